The Kier molecular flexibility index (Phi) is 5.66. The zero-order chi connectivity index (χ0) is 18.0. The minimum Gasteiger partial charge on any atom is -0.480 e. The zero-order valence-electron chi connectivity index (χ0n) is 13.9. The van der Waals surface area contributed by atoms with E-state index in [1.807, 2.05) is 32.9 Å². The molecule has 0 spiro atoms. The lowest BCUT2D eigenvalue weighted by atomic mass is 10.1. The van der Waals surface area contributed by atoms with E-state index < -0.39 is 12.0 Å². The van der Waals surface area contributed by atoms with Gasteiger partial charge in [0.2, 0.25) is 0 Å². The van der Waals surface area contributed by atoms with Crippen LogP contribution in [0.4, 0.5) is 5.00 Å². The first-order valence-electron chi connectivity index (χ1n) is 7.34. The van der Waals surface area contributed by atoms with Gasteiger partial charge in [-0.2, -0.15) is 0 Å². The molecule has 0 aliphatic heterocycles. The lowest BCUT2D eigenvalue weighted by Crippen LogP contribution is -2.30. The molecule has 3 N–H and O–H groups in total. The molecule has 1 aromatic carbocycles. The fourth-order valence-electron chi connectivity index (χ4n) is 2.17. The first-order valence-corrected chi connectivity index (χ1v) is 8.95. The standard InChI is InChI=1S/C17H19BrN2O3S/c1-8-5-6-13(12(18)7-8)23-10(3)16(22)20-17-14(15(19)21)9(2)11(4)24-17/h5-7,10H,1-4H3,(H2,19,21)(H,20,22). The highest BCUT2D eigenvalue weighted by atomic mass is 79.9. The van der Waals surface area contributed by atoms with E-state index in [0.29, 0.717) is 16.3 Å². The molecule has 2 amide bonds. The van der Waals surface area contributed by atoms with E-state index in [4.69, 9.17) is 10.5 Å². The minimum atomic E-state index is -0.729. The number of amides is 2. The van der Waals surface area contributed by atoms with Crippen molar-refractivity contribution in [2.45, 2.75) is 33.8 Å². The molecule has 0 saturated carbocycles. The molecule has 2 aromatic rings. The maximum absolute atomic E-state index is 12.4. The van der Waals surface area contributed by atoms with Gasteiger partial charge in [-0.05, 0) is 66.9 Å². The Balaban J connectivity index is 2.15. The number of rotatable bonds is 5. The van der Waals surface area contributed by atoms with Gasteiger partial charge in [-0.1, -0.05) is 6.07 Å². The average Bonchev–Trinajstić information content (AvgIpc) is 2.76. The van der Waals surface area contributed by atoms with E-state index in [-0.39, 0.29) is 5.91 Å². The SMILES string of the molecule is Cc1ccc(OC(C)C(=O)Nc2sc(C)c(C)c2C(N)=O)c(Br)c1. The van der Waals surface area contributed by atoms with Crippen molar-refractivity contribution >= 4 is 44.1 Å². The number of benzene rings is 1. The molecule has 1 atom stereocenters. The summed E-state index contributed by atoms with van der Waals surface area (Å²) in [6.07, 6.45) is -0.729. The lowest BCUT2D eigenvalue weighted by molar-refractivity contribution is -0.122. The molecule has 128 valence electrons. The van der Waals surface area contributed by atoms with Crippen LogP contribution in [0.25, 0.3) is 0 Å². The third-order valence-electron chi connectivity index (χ3n) is 3.63. The van der Waals surface area contributed by atoms with Crippen LogP contribution in [0.1, 0.15) is 33.3 Å². The number of halogens is 1. The van der Waals surface area contributed by atoms with Crippen molar-refractivity contribution in [1.29, 1.82) is 0 Å². The van der Waals surface area contributed by atoms with Gasteiger partial charge in [-0.3, -0.25) is 9.59 Å². The van der Waals surface area contributed by atoms with Crippen molar-refractivity contribution < 1.29 is 14.3 Å². The quantitative estimate of drug-likeness (QED) is 0.782. The summed E-state index contributed by atoms with van der Waals surface area (Å²) in [5.74, 6) is -0.315. The van der Waals surface area contributed by atoms with Gasteiger partial charge in [0.05, 0.1) is 10.0 Å². The molecule has 5 nitrogen and oxygen atoms in total. The largest absolute Gasteiger partial charge is 0.480 e. The highest BCUT2D eigenvalue weighted by Gasteiger charge is 2.22. The van der Waals surface area contributed by atoms with E-state index >= 15 is 0 Å². The van der Waals surface area contributed by atoms with Gasteiger partial charge in [0.25, 0.3) is 11.8 Å². The van der Waals surface area contributed by atoms with E-state index in [1.165, 1.54) is 11.3 Å². The van der Waals surface area contributed by atoms with Gasteiger partial charge < -0.3 is 15.8 Å². The number of anilines is 1. The summed E-state index contributed by atoms with van der Waals surface area (Å²) < 4.78 is 6.48. The fourth-order valence-corrected chi connectivity index (χ4v) is 3.83. The summed E-state index contributed by atoms with van der Waals surface area (Å²) in [5.41, 5.74) is 7.65. The Hall–Kier alpha value is -1.86. The maximum atomic E-state index is 12.4. The van der Waals surface area contributed by atoms with Crippen molar-refractivity contribution in [3.8, 4) is 5.75 Å². The molecule has 0 radical (unpaired) electrons. The maximum Gasteiger partial charge on any atom is 0.265 e. The molecule has 0 aliphatic rings. The molecule has 0 fully saturated rings. The summed E-state index contributed by atoms with van der Waals surface area (Å²) in [6.45, 7) is 7.31. The highest BCUT2D eigenvalue weighted by molar-refractivity contribution is 9.10. The Bertz CT molecular complexity index is 801. The average molecular weight is 411 g/mol. The molecule has 1 aromatic heterocycles. The smallest absolute Gasteiger partial charge is 0.265 e. The van der Waals surface area contributed by atoms with Gasteiger partial charge in [0.15, 0.2) is 6.10 Å². The first-order chi connectivity index (χ1) is 11.2. The summed E-state index contributed by atoms with van der Waals surface area (Å²) in [5, 5.41) is 3.20. The van der Waals surface area contributed by atoms with Gasteiger partial charge in [0, 0.05) is 4.88 Å². The van der Waals surface area contributed by atoms with E-state index in [0.717, 1.165) is 20.5 Å². The molecule has 1 heterocycles. The topological polar surface area (TPSA) is 81.4 Å². The van der Waals surface area contributed by atoms with Crippen LogP contribution in [0, 0.1) is 20.8 Å². The fraction of sp³-hybridized carbons (Fsp3) is 0.294. The second-order valence-electron chi connectivity index (χ2n) is 5.53. The number of hydrogen-bond donors (Lipinski definition) is 2. The Morgan fingerprint density at radius 1 is 1.29 bits per heavy atom. The van der Waals surface area contributed by atoms with Crippen molar-refractivity contribution in [2.75, 3.05) is 5.32 Å². The van der Waals surface area contributed by atoms with E-state index in [1.54, 1.807) is 13.0 Å². The predicted octanol–water partition coefficient (Wildman–Crippen LogP) is 3.94. The van der Waals surface area contributed by atoms with Crippen LogP contribution in [-0.2, 0) is 4.79 Å². The normalized spacial score (nSPS) is 11.9. The zero-order valence-corrected chi connectivity index (χ0v) is 16.3. The van der Waals surface area contributed by atoms with Crippen LogP contribution < -0.4 is 15.8 Å². The molecule has 0 aliphatic carbocycles. The van der Waals surface area contributed by atoms with Crippen LogP contribution in [0.2, 0.25) is 0 Å². The molecule has 24 heavy (non-hydrogen) atoms. The van der Waals surface area contributed by atoms with E-state index in [2.05, 4.69) is 21.2 Å². The van der Waals surface area contributed by atoms with Gasteiger partial charge >= 0.3 is 0 Å². The number of aryl methyl sites for hydroxylation is 2. The van der Waals surface area contributed by atoms with E-state index in [9.17, 15) is 9.59 Å². The van der Waals surface area contributed by atoms with Crippen LogP contribution in [0.5, 0.6) is 5.75 Å². The molecular formula is C17H19BrN2O3S. The van der Waals surface area contributed by atoms with Crippen LogP contribution in [0.3, 0.4) is 0 Å². The van der Waals surface area contributed by atoms with Crippen molar-refractivity contribution in [3.05, 3.63) is 44.2 Å². The lowest BCUT2D eigenvalue weighted by Gasteiger charge is -2.16. The molecule has 7 heteroatoms. The van der Waals surface area contributed by atoms with Gasteiger partial charge in [-0.25, -0.2) is 0 Å². The molecular weight excluding hydrogens is 392 g/mol. The van der Waals surface area contributed by atoms with Crippen molar-refractivity contribution in [3.63, 3.8) is 0 Å². The number of carbonyl (C=O) groups excluding carboxylic acids is 2. The van der Waals surface area contributed by atoms with Gasteiger partial charge in [0.1, 0.15) is 10.8 Å². The Morgan fingerprint density at radius 2 is 1.96 bits per heavy atom. The Morgan fingerprint density at radius 3 is 2.54 bits per heavy atom. The number of hydrogen-bond acceptors (Lipinski definition) is 4. The molecule has 1 unspecified atom stereocenters. The predicted molar refractivity (Wildman–Crippen MR) is 99.9 cm³/mol. The third-order valence-corrected chi connectivity index (χ3v) is 5.37. The molecule has 0 saturated heterocycles. The summed E-state index contributed by atoms with van der Waals surface area (Å²) in [6, 6.07) is 5.62. The van der Waals surface area contributed by atoms with Crippen molar-refractivity contribution in [2.24, 2.45) is 5.73 Å². The number of nitrogens with one attached hydrogen (secondary N) is 1. The number of thiophene rings is 1. The van der Waals surface area contributed by atoms with Gasteiger partial charge in [-0.15, -0.1) is 11.3 Å². The first kappa shape index (κ1) is 18.5. The highest BCUT2D eigenvalue weighted by Crippen LogP contribution is 2.32. The molecule has 0 bridgehead atoms. The third kappa shape index (κ3) is 3.96. The second kappa shape index (κ2) is 7.36. The number of nitrogens with two attached hydrogens (primary N) is 1. The van der Waals surface area contributed by atoms with Crippen molar-refractivity contribution in [1.82, 2.24) is 0 Å². The minimum absolute atomic E-state index is 0.341. The monoisotopic (exact) mass is 410 g/mol. The Labute approximate surface area is 153 Å². The van der Waals surface area contributed by atoms with Crippen LogP contribution in [-0.4, -0.2) is 17.9 Å². The number of ether oxygens (including phenoxy) is 1. The van der Waals surface area contributed by atoms with Crippen LogP contribution >= 0.6 is 27.3 Å². The summed E-state index contributed by atoms with van der Waals surface area (Å²) >= 11 is 4.75. The summed E-state index contributed by atoms with van der Waals surface area (Å²) in [4.78, 5) is 24.9. The van der Waals surface area contributed by atoms with Crippen LogP contribution in [0.15, 0.2) is 22.7 Å². The number of primary amides is 1. The second-order valence-corrected chi connectivity index (χ2v) is 7.61. The molecule has 2 rings (SSSR count). The summed E-state index contributed by atoms with van der Waals surface area (Å²) in [7, 11) is 0. The number of carbonyl (C=O) groups is 2.